The van der Waals surface area contributed by atoms with Crippen LogP contribution in [0.4, 0.5) is 0 Å². The second kappa shape index (κ2) is 8.13. The number of aliphatic hydroxyl groups excluding tert-OH is 1. The third kappa shape index (κ3) is 4.50. The zero-order valence-corrected chi connectivity index (χ0v) is 16.0. The van der Waals surface area contributed by atoms with Crippen LogP contribution in [0.15, 0.2) is 46.9 Å². The lowest BCUT2D eigenvalue weighted by Gasteiger charge is -2.18. The van der Waals surface area contributed by atoms with Gasteiger partial charge in [0.1, 0.15) is 5.58 Å². The molecule has 3 aromatic rings. The molecule has 5 nitrogen and oxygen atoms in total. The second-order valence-electron chi connectivity index (χ2n) is 6.78. The molecule has 2 aromatic carbocycles. The van der Waals surface area contributed by atoms with E-state index in [0.29, 0.717) is 22.7 Å². The van der Waals surface area contributed by atoms with E-state index in [1.807, 2.05) is 31.2 Å². The average Bonchev–Trinajstić information content (AvgIpc) is 2.96. The Balaban J connectivity index is 1.64. The molecule has 3 N–H and O–H groups in total. The van der Waals surface area contributed by atoms with Crippen LogP contribution in [0.5, 0.6) is 0 Å². The summed E-state index contributed by atoms with van der Waals surface area (Å²) in [6, 6.07) is 13.0. The molecular weight excluding hydrogens is 366 g/mol. The number of fused-ring (bicyclic) bond motifs is 1. The molecule has 0 amide bonds. The molecule has 27 heavy (non-hydrogen) atoms. The van der Waals surface area contributed by atoms with Gasteiger partial charge in [0.25, 0.3) is 0 Å². The molecular formula is C21H22ClNO4. The van der Waals surface area contributed by atoms with Gasteiger partial charge >= 0.3 is 5.97 Å². The number of furan rings is 1. The molecule has 0 saturated heterocycles. The highest BCUT2D eigenvalue weighted by Crippen LogP contribution is 2.26. The van der Waals surface area contributed by atoms with Gasteiger partial charge in [-0.3, -0.25) is 0 Å². The number of benzene rings is 2. The summed E-state index contributed by atoms with van der Waals surface area (Å²) in [5.74, 6) is -1.08. The molecule has 0 unspecified atom stereocenters. The number of carboxylic acid groups (broad SMARTS) is 1. The van der Waals surface area contributed by atoms with Crippen molar-refractivity contribution in [1.82, 2.24) is 5.32 Å². The minimum atomic E-state index is -1.06. The van der Waals surface area contributed by atoms with Gasteiger partial charge in [-0.1, -0.05) is 29.8 Å². The van der Waals surface area contributed by atoms with Crippen molar-refractivity contribution in [3.05, 3.63) is 69.9 Å². The van der Waals surface area contributed by atoms with Crippen LogP contribution in [-0.2, 0) is 6.42 Å². The summed E-state index contributed by atoms with van der Waals surface area (Å²) in [4.78, 5) is 11.2. The summed E-state index contributed by atoms with van der Waals surface area (Å²) in [7, 11) is 0. The number of aromatic carboxylic acids is 1. The normalized spacial score (nSPS) is 13.6. The van der Waals surface area contributed by atoms with E-state index in [9.17, 15) is 15.0 Å². The third-order valence-corrected chi connectivity index (χ3v) is 4.86. The predicted molar refractivity (Wildman–Crippen MR) is 105 cm³/mol. The van der Waals surface area contributed by atoms with Gasteiger partial charge in [0, 0.05) is 28.6 Å². The van der Waals surface area contributed by atoms with Crippen LogP contribution >= 0.6 is 11.6 Å². The van der Waals surface area contributed by atoms with Gasteiger partial charge in [-0.15, -0.1) is 0 Å². The highest BCUT2D eigenvalue weighted by atomic mass is 35.5. The molecule has 0 bridgehead atoms. The van der Waals surface area contributed by atoms with Crippen LogP contribution in [0.1, 0.15) is 40.3 Å². The monoisotopic (exact) mass is 387 g/mol. The Bertz CT molecular complexity index is 966. The minimum absolute atomic E-state index is 0.0158. The van der Waals surface area contributed by atoms with Gasteiger partial charge in [-0.05, 0) is 55.7 Å². The fourth-order valence-corrected chi connectivity index (χ4v) is 3.37. The van der Waals surface area contributed by atoms with Crippen molar-refractivity contribution in [3.8, 4) is 0 Å². The molecule has 0 aliphatic rings. The molecule has 3 rings (SSSR count). The first kappa shape index (κ1) is 19.4. The number of nitrogens with one attached hydrogen (secondary N) is 1. The van der Waals surface area contributed by atoms with Gasteiger partial charge in [-0.2, -0.15) is 0 Å². The van der Waals surface area contributed by atoms with Crippen LogP contribution in [0.25, 0.3) is 11.0 Å². The van der Waals surface area contributed by atoms with Gasteiger partial charge in [0.2, 0.25) is 5.76 Å². The van der Waals surface area contributed by atoms with Crippen molar-refractivity contribution < 1.29 is 19.4 Å². The third-order valence-electron chi connectivity index (χ3n) is 4.63. The number of carboxylic acids is 1. The molecule has 0 saturated carbocycles. The Morgan fingerprint density at radius 3 is 2.74 bits per heavy atom. The van der Waals surface area contributed by atoms with E-state index < -0.39 is 12.1 Å². The standard InChI is InChI=1S/C21H22ClNO4/c1-12(23-11-18(24)15-4-3-5-16(22)10-15)8-14-6-7-19-17(9-14)13(2)20(27-19)21(25)26/h3-7,9-10,12,18,23-24H,8,11H2,1-2H3,(H,25,26)/t12-,18+/m1/s1. The fraction of sp³-hybridized carbons (Fsp3) is 0.286. The number of carbonyl (C=O) groups is 1. The summed E-state index contributed by atoms with van der Waals surface area (Å²) in [5.41, 5.74) is 3.06. The average molecular weight is 388 g/mol. The van der Waals surface area contributed by atoms with E-state index in [1.165, 1.54) is 0 Å². The van der Waals surface area contributed by atoms with Crippen LogP contribution in [-0.4, -0.2) is 28.8 Å². The second-order valence-corrected chi connectivity index (χ2v) is 7.21. The molecule has 1 aromatic heterocycles. The van der Waals surface area contributed by atoms with Crippen molar-refractivity contribution in [3.63, 3.8) is 0 Å². The quantitative estimate of drug-likeness (QED) is 0.561. The zero-order chi connectivity index (χ0) is 19.6. The SMILES string of the molecule is Cc1c(C(=O)O)oc2ccc(C[C@@H](C)NC[C@H](O)c3cccc(Cl)c3)cc12. The van der Waals surface area contributed by atoms with E-state index in [4.69, 9.17) is 16.0 Å². The Kier molecular flexibility index (Phi) is 5.85. The van der Waals surface area contributed by atoms with E-state index >= 15 is 0 Å². The molecule has 2 atom stereocenters. The number of hydrogen-bond acceptors (Lipinski definition) is 4. The topological polar surface area (TPSA) is 82.7 Å². The number of halogens is 1. The van der Waals surface area contributed by atoms with Crippen molar-refractivity contribution >= 4 is 28.5 Å². The van der Waals surface area contributed by atoms with Crippen LogP contribution in [0, 0.1) is 6.92 Å². The Morgan fingerprint density at radius 2 is 2.04 bits per heavy atom. The van der Waals surface area contributed by atoms with Gasteiger partial charge < -0.3 is 19.9 Å². The highest BCUT2D eigenvalue weighted by Gasteiger charge is 2.17. The fourth-order valence-electron chi connectivity index (χ4n) is 3.17. The molecule has 6 heteroatoms. The Hall–Kier alpha value is -2.34. The van der Waals surface area contributed by atoms with Crippen LogP contribution in [0.2, 0.25) is 5.02 Å². The summed E-state index contributed by atoms with van der Waals surface area (Å²) < 4.78 is 5.40. The molecule has 0 fully saturated rings. The van der Waals surface area contributed by atoms with Crippen molar-refractivity contribution in [2.24, 2.45) is 0 Å². The Labute approximate surface area is 162 Å². The summed E-state index contributed by atoms with van der Waals surface area (Å²) in [6.07, 6.45) is 0.105. The van der Waals surface area contributed by atoms with Gasteiger partial charge in [0.15, 0.2) is 0 Å². The summed E-state index contributed by atoms with van der Waals surface area (Å²) in [5, 5.41) is 24.2. The minimum Gasteiger partial charge on any atom is -0.475 e. The van der Waals surface area contributed by atoms with Crippen LogP contribution < -0.4 is 5.32 Å². The lowest BCUT2D eigenvalue weighted by Crippen LogP contribution is -2.32. The molecule has 142 valence electrons. The largest absolute Gasteiger partial charge is 0.475 e. The lowest BCUT2D eigenvalue weighted by molar-refractivity contribution is 0.0664. The highest BCUT2D eigenvalue weighted by molar-refractivity contribution is 6.30. The predicted octanol–water partition coefficient (Wildman–Crippen LogP) is 4.35. The van der Waals surface area contributed by atoms with E-state index in [-0.39, 0.29) is 11.8 Å². The number of hydrogen-bond donors (Lipinski definition) is 3. The van der Waals surface area contributed by atoms with Crippen LogP contribution in [0.3, 0.4) is 0 Å². The smallest absolute Gasteiger partial charge is 0.372 e. The van der Waals surface area contributed by atoms with E-state index in [0.717, 1.165) is 22.9 Å². The Morgan fingerprint density at radius 1 is 1.26 bits per heavy atom. The first-order valence-electron chi connectivity index (χ1n) is 8.77. The maximum Gasteiger partial charge on any atom is 0.372 e. The summed E-state index contributed by atoms with van der Waals surface area (Å²) in [6.45, 7) is 4.21. The van der Waals surface area contributed by atoms with Crippen molar-refractivity contribution in [1.29, 1.82) is 0 Å². The maximum atomic E-state index is 11.2. The summed E-state index contributed by atoms with van der Waals surface area (Å²) >= 11 is 5.96. The molecule has 1 heterocycles. The maximum absolute atomic E-state index is 11.2. The number of aliphatic hydroxyl groups is 1. The van der Waals surface area contributed by atoms with Gasteiger partial charge in [-0.25, -0.2) is 4.79 Å². The molecule has 0 aliphatic carbocycles. The number of aryl methyl sites for hydroxylation is 1. The zero-order valence-electron chi connectivity index (χ0n) is 15.2. The van der Waals surface area contributed by atoms with E-state index in [1.54, 1.807) is 25.1 Å². The molecule has 0 spiro atoms. The van der Waals surface area contributed by atoms with E-state index in [2.05, 4.69) is 5.32 Å². The number of rotatable bonds is 7. The first-order chi connectivity index (χ1) is 12.8. The lowest BCUT2D eigenvalue weighted by atomic mass is 10.0. The first-order valence-corrected chi connectivity index (χ1v) is 9.15. The molecule has 0 radical (unpaired) electrons. The van der Waals surface area contributed by atoms with Gasteiger partial charge in [0.05, 0.1) is 6.10 Å². The van der Waals surface area contributed by atoms with Crippen molar-refractivity contribution in [2.75, 3.05) is 6.54 Å². The van der Waals surface area contributed by atoms with Crippen molar-refractivity contribution in [2.45, 2.75) is 32.4 Å². The molecule has 0 aliphatic heterocycles.